The molecule has 0 radical (unpaired) electrons. The summed E-state index contributed by atoms with van der Waals surface area (Å²) in [7, 11) is 0. The number of likely N-dealkylation sites (tertiary alicyclic amines) is 1. The Hall–Kier alpha value is -2.48. The first kappa shape index (κ1) is 18.5. The molecule has 2 aromatic carbocycles. The van der Waals surface area contributed by atoms with Gasteiger partial charge in [-0.25, -0.2) is 4.39 Å². The molecule has 5 rings (SSSR count). The van der Waals surface area contributed by atoms with Crippen molar-refractivity contribution in [3.05, 3.63) is 63.8 Å². The molecule has 1 amide bonds. The van der Waals surface area contributed by atoms with E-state index in [1.807, 2.05) is 18.2 Å². The Morgan fingerprint density at radius 3 is 3.03 bits per heavy atom. The fraction of sp³-hybridized carbons (Fsp3) is 0.318. The van der Waals surface area contributed by atoms with Gasteiger partial charge in [-0.3, -0.25) is 10.1 Å². The molecule has 5 nitrogen and oxygen atoms in total. The number of carbonyl (C=O) groups is 1. The zero-order valence-electron chi connectivity index (χ0n) is 15.9. The Morgan fingerprint density at radius 1 is 1.31 bits per heavy atom. The van der Waals surface area contributed by atoms with Crippen molar-refractivity contribution in [2.24, 2.45) is 0 Å². The molecule has 3 N–H and O–H groups in total. The highest BCUT2D eigenvalue weighted by Crippen LogP contribution is 2.38. The van der Waals surface area contributed by atoms with Crippen molar-refractivity contribution >= 4 is 33.0 Å². The van der Waals surface area contributed by atoms with Gasteiger partial charge in [0.15, 0.2) is 0 Å². The van der Waals surface area contributed by atoms with Crippen LogP contribution in [0.5, 0.6) is 0 Å². The molecule has 0 aliphatic carbocycles. The lowest BCUT2D eigenvalue weighted by atomic mass is 9.98. The van der Waals surface area contributed by atoms with Gasteiger partial charge in [-0.2, -0.15) is 0 Å². The normalized spacial score (nSPS) is 18.7. The Morgan fingerprint density at radius 2 is 2.21 bits per heavy atom. The lowest BCUT2D eigenvalue weighted by molar-refractivity contribution is 0.0763. The second kappa shape index (κ2) is 7.40. The van der Waals surface area contributed by atoms with E-state index in [1.165, 1.54) is 6.07 Å². The van der Waals surface area contributed by atoms with Gasteiger partial charge < -0.3 is 15.3 Å². The Labute approximate surface area is 172 Å². The SMILES string of the molecule is O=C(c1c(Cc2cccc3ccc(F)cc23)sc2c1CNCN2)N1CC[C@@H](O)C1. The summed E-state index contributed by atoms with van der Waals surface area (Å²) in [5.74, 6) is -0.283. The number of fused-ring (bicyclic) bond motifs is 2. The number of nitrogens with zero attached hydrogens (tertiary/aromatic N) is 1. The smallest absolute Gasteiger partial charge is 0.255 e. The highest BCUT2D eigenvalue weighted by atomic mass is 32.1. The van der Waals surface area contributed by atoms with E-state index >= 15 is 0 Å². The van der Waals surface area contributed by atoms with Crippen molar-refractivity contribution in [3.8, 4) is 0 Å². The number of anilines is 1. The van der Waals surface area contributed by atoms with Crippen molar-refractivity contribution in [3.63, 3.8) is 0 Å². The Kier molecular flexibility index (Phi) is 4.73. The van der Waals surface area contributed by atoms with E-state index in [4.69, 9.17) is 0 Å². The Balaban J connectivity index is 1.58. The highest BCUT2D eigenvalue weighted by molar-refractivity contribution is 7.16. The molecule has 3 heterocycles. The van der Waals surface area contributed by atoms with Gasteiger partial charge in [0, 0.05) is 36.5 Å². The number of thiophene rings is 1. The predicted molar refractivity (Wildman–Crippen MR) is 113 cm³/mol. The molecule has 1 fully saturated rings. The number of β-amino-alcohol motifs (C(OH)–C–C–N with tert-alkyl or cyclic N) is 1. The van der Waals surface area contributed by atoms with Crippen LogP contribution in [0.3, 0.4) is 0 Å². The van der Waals surface area contributed by atoms with Crippen LogP contribution in [-0.2, 0) is 13.0 Å². The number of nitrogens with one attached hydrogen (secondary N) is 2. The number of rotatable bonds is 3. The number of halogens is 1. The minimum absolute atomic E-state index is 0.0223. The van der Waals surface area contributed by atoms with Crippen LogP contribution in [0.4, 0.5) is 9.39 Å². The molecule has 1 saturated heterocycles. The molecule has 7 heteroatoms. The topological polar surface area (TPSA) is 64.6 Å². The van der Waals surface area contributed by atoms with Gasteiger partial charge in [0.2, 0.25) is 0 Å². The van der Waals surface area contributed by atoms with Crippen LogP contribution in [0.15, 0.2) is 36.4 Å². The number of carbonyl (C=O) groups excluding carboxylic acids is 1. The summed E-state index contributed by atoms with van der Waals surface area (Å²) in [6.45, 7) is 2.26. The standard InChI is InChI=1S/C22H22FN3O2S/c23-15-5-4-13-2-1-3-14(17(13)9-15)8-19-20(18-10-24-12-25-21(18)29-19)22(28)26-7-6-16(27)11-26/h1-5,9,16,24-25,27H,6-8,10-12H2/t16-/m1/s1. The molecule has 3 aromatic rings. The molecule has 0 unspecified atom stereocenters. The maximum Gasteiger partial charge on any atom is 0.255 e. The maximum atomic E-state index is 13.9. The average molecular weight is 412 g/mol. The van der Waals surface area contributed by atoms with Crippen molar-refractivity contribution in [2.75, 3.05) is 25.1 Å². The van der Waals surface area contributed by atoms with Crippen molar-refractivity contribution in [1.82, 2.24) is 10.2 Å². The molecular weight excluding hydrogens is 389 g/mol. The van der Waals surface area contributed by atoms with Crippen LogP contribution in [0.2, 0.25) is 0 Å². The van der Waals surface area contributed by atoms with E-state index in [1.54, 1.807) is 28.4 Å². The van der Waals surface area contributed by atoms with Gasteiger partial charge in [0.25, 0.3) is 5.91 Å². The van der Waals surface area contributed by atoms with Crippen LogP contribution in [0, 0.1) is 5.82 Å². The first-order valence-corrected chi connectivity index (χ1v) is 10.7. The highest BCUT2D eigenvalue weighted by Gasteiger charge is 2.32. The van der Waals surface area contributed by atoms with Gasteiger partial charge in [0.05, 0.1) is 23.3 Å². The largest absolute Gasteiger partial charge is 0.391 e. The molecule has 2 aliphatic heterocycles. The van der Waals surface area contributed by atoms with Gasteiger partial charge in [0.1, 0.15) is 5.82 Å². The molecule has 29 heavy (non-hydrogen) atoms. The first-order chi connectivity index (χ1) is 14.1. The van der Waals surface area contributed by atoms with Crippen molar-refractivity contribution in [2.45, 2.75) is 25.5 Å². The summed E-state index contributed by atoms with van der Waals surface area (Å²) in [4.78, 5) is 16.1. The second-order valence-corrected chi connectivity index (χ2v) is 8.75. The lowest BCUT2D eigenvalue weighted by Gasteiger charge is -2.20. The van der Waals surface area contributed by atoms with E-state index in [9.17, 15) is 14.3 Å². The molecule has 2 aliphatic rings. The second-order valence-electron chi connectivity index (χ2n) is 7.64. The van der Waals surface area contributed by atoms with Crippen LogP contribution in [0.25, 0.3) is 10.8 Å². The summed E-state index contributed by atoms with van der Waals surface area (Å²) in [6.07, 6.45) is 0.735. The number of benzene rings is 2. The number of hydrogen-bond donors (Lipinski definition) is 3. The van der Waals surface area contributed by atoms with Gasteiger partial charge in [-0.1, -0.05) is 24.3 Å². The molecule has 0 spiro atoms. The minimum atomic E-state index is -0.450. The van der Waals surface area contributed by atoms with Crippen LogP contribution in [0.1, 0.15) is 32.8 Å². The fourth-order valence-corrected chi connectivity index (χ4v) is 5.48. The summed E-state index contributed by atoms with van der Waals surface area (Å²) in [6, 6.07) is 10.8. The van der Waals surface area contributed by atoms with Crippen LogP contribution < -0.4 is 10.6 Å². The van der Waals surface area contributed by atoms with Crippen LogP contribution in [-0.4, -0.2) is 41.8 Å². The van der Waals surface area contributed by atoms with E-state index < -0.39 is 6.10 Å². The molecule has 1 aromatic heterocycles. The summed E-state index contributed by atoms with van der Waals surface area (Å²) in [5, 5.41) is 19.4. The van der Waals surface area contributed by atoms with Gasteiger partial charge in [-0.15, -0.1) is 11.3 Å². The third-order valence-electron chi connectivity index (χ3n) is 5.71. The monoisotopic (exact) mass is 411 g/mol. The third kappa shape index (κ3) is 3.39. The Bertz CT molecular complexity index is 1100. The summed E-state index contributed by atoms with van der Waals surface area (Å²) in [5.41, 5.74) is 2.73. The van der Waals surface area contributed by atoms with E-state index in [0.717, 1.165) is 37.3 Å². The average Bonchev–Trinajstić information content (AvgIpc) is 3.31. The lowest BCUT2D eigenvalue weighted by Crippen LogP contribution is -2.33. The number of aliphatic hydroxyl groups excluding tert-OH is 1. The molecule has 0 bridgehead atoms. The maximum absolute atomic E-state index is 13.9. The number of amides is 1. The van der Waals surface area contributed by atoms with E-state index in [-0.39, 0.29) is 11.7 Å². The molecule has 150 valence electrons. The predicted octanol–water partition coefficient (Wildman–Crippen LogP) is 3.31. The van der Waals surface area contributed by atoms with Crippen molar-refractivity contribution in [1.29, 1.82) is 0 Å². The molecular formula is C22H22FN3O2S. The molecule has 0 saturated carbocycles. The fourth-order valence-electron chi connectivity index (χ4n) is 4.25. The van der Waals surface area contributed by atoms with Gasteiger partial charge in [-0.05, 0) is 34.9 Å². The van der Waals surface area contributed by atoms with E-state index in [0.29, 0.717) is 39.1 Å². The number of hydrogen-bond acceptors (Lipinski definition) is 5. The molecule has 1 atom stereocenters. The summed E-state index contributed by atoms with van der Waals surface area (Å²) >= 11 is 1.60. The van der Waals surface area contributed by atoms with Crippen molar-refractivity contribution < 1.29 is 14.3 Å². The van der Waals surface area contributed by atoms with E-state index in [2.05, 4.69) is 10.6 Å². The third-order valence-corrected chi connectivity index (χ3v) is 6.90. The quantitative estimate of drug-likeness (QED) is 0.619. The van der Waals surface area contributed by atoms with Crippen LogP contribution >= 0.6 is 11.3 Å². The first-order valence-electron chi connectivity index (χ1n) is 9.84. The minimum Gasteiger partial charge on any atom is -0.391 e. The van der Waals surface area contributed by atoms with Gasteiger partial charge >= 0.3 is 0 Å². The zero-order valence-corrected chi connectivity index (χ0v) is 16.7. The zero-order chi connectivity index (χ0) is 20.0. The number of aliphatic hydroxyl groups is 1. The summed E-state index contributed by atoms with van der Waals surface area (Å²) < 4.78 is 13.9.